The molecule has 96 valence electrons. The molecule has 0 aliphatic rings. The fourth-order valence-electron chi connectivity index (χ4n) is 1.90. The molecule has 0 aliphatic carbocycles. The fraction of sp³-hybridized carbons (Fsp3) is 0.154. The van der Waals surface area contributed by atoms with Gasteiger partial charge >= 0.3 is 5.97 Å². The molecule has 1 N–H and O–H groups in total. The van der Waals surface area contributed by atoms with Crippen molar-refractivity contribution < 1.29 is 9.90 Å². The van der Waals surface area contributed by atoms with Gasteiger partial charge in [0.1, 0.15) is 5.69 Å². The molecule has 3 heterocycles. The van der Waals surface area contributed by atoms with Crippen molar-refractivity contribution in [3.63, 3.8) is 0 Å². The highest BCUT2D eigenvalue weighted by Crippen LogP contribution is 2.24. The molecule has 0 unspecified atom stereocenters. The molecule has 0 saturated heterocycles. The van der Waals surface area contributed by atoms with Crippen molar-refractivity contribution in [3.8, 4) is 10.6 Å². The standard InChI is InChI=1S/C13H11N3O2S/c1-2-8-6-10(13(17)18)16-12(14-8)7-9(15-16)11-4-3-5-19-11/h3-7H,2H2,1H3,(H,17,18). The summed E-state index contributed by atoms with van der Waals surface area (Å²) in [5, 5.41) is 15.6. The van der Waals surface area contributed by atoms with E-state index in [-0.39, 0.29) is 5.69 Å². The Labute approximate surface area is 113 Å². The van der Waals surface area contributed by atoms with Gasteiger partial charge in [0, 0.05) is 11.8 Å². The molecule has 0 saturated carbocycles. The molecular weight excluding hydrogens is 262 g/mol. The van der Waals surface area contributed by atoms with Gasteiger partial charge in [0.25, 0.3) is 0 Å². The van der Waals surface area contributed by atoms with Crippen molar-refractivity contribution in [2.45, 2.75) is 13.3 Å². The minimum atomic E-state index is -0.997. The molecule has 3 rings (SSSR count). The van der Waals surface area contributed by atoms with Crippen LogP contribution in [0.25, 0.3) is 16.2 Å². The van der Waals surface area contributed by atoms with E-state index in [1.807, 2.05) is 30.5 Å². The van der Waals surface area contributed by atoms with Crippen LogP contribution in [-0.2, 0) is 6.42 Å². The van der Waals surface area contributed by atoms with Crippen LogP contribution < -0.4 is 0 Å². The Morgan fingerprint density at radius 2 is 2.32 bits per heavy atom. The highest BCUT2D eigenvalue weighted by Gasteiger charge is 2.15. The lowest BCUT2D eigenvalue weighted by Gasteiger charge is -2.02. The van der Waals surface area contributed by atoms with E-state index >= 15 is 0 Å². The number of aryl methyl sites for hydroxylation is 1. The smallest absolute Gasteiger partial charge is 0.354 e. The van der Waals surface area contributed by atoms with Crippen molar-refractivity contribution in [2.75, 3.05) is 0 Å². The summed E-state index contributed by atoms with van der Waals surface area (Å²) in [6.07, 6.45) is 0.691. The SMILES string of the molecule is CCc1cc(C(=O)O)n2nc(-c3cccs3)cc2n1. The van der Waals surface area contributed by atoms with Crippen LogP contribution in [-0.4, -0.2) is 25.7 Å². The first-order chi connectivity index (χ1) is 9.19. The molecular formula is C13H11N3O2S. The lowest BCUT2D eigenvalue weighted by molar-refractivity contribution is 0.0687. The third-order valence-electron chi connectivity index (χ3n) is 2.84. The van der Waals surface area contributed by atoms with E-state index in [1.165, 1.54) is 4.52 Å². The number of carboxylic acid groups (broad SMARTS) is 1. The molecule has 0 radical (unpaired) electrons. The maximum absolute atomic E-state index is 11.3. The first kappa shape index (κ1) is 11.9. The number of aromatic carboxylic acids is 1. The van der Waals surface area contributed by atoms with Crippen molar-refractivity contribution in [2.24, 2.45) is 0 Å². The van der Waals surface area contributed by atoms with Gasteiger partial charge in [-0.05, 0) is 23.9 Å². The topological polar surface area (TPSA) is 67.5 Å². The zero-order chi connectivity index (χ0) is 13.4. The van der Waals surface area contributed by atoms with Gasteiger partial charge in [-0.15, -0.1) is 11.3 Å². The van der Waals surface area contributed by atoms with Gasteiger partial charge in [0.05, 0.1) is 4.88 Å². The summed E-state index contributed by atoms with van der Waals surface area (Å²) in [4.78, 5) is 16.7. The van der Waals surface area contributed by atoms with E-state index < -0.39 is 5.97 Å². The number of carboxylic acids is 1. The molecule has 19 heavy (non-hydrogen) atoms. The Morgan fingerprint density at radius 1 is 1.47 bits per heavy atom. The molecule has 0 atom stereocenters. The summed E-state index contributed by atoms with van der Waals surface area (Å²) >= 11 is 1.56. The van der Waals surface area contributed by atoms with Gasteiger partial charge in [-0.3, -0.25) is 0 Å². The summed E-state index contributed by atoms with van der Waals surface area (Å²) in [5.41, 5.74) is 2.21. The molecule has 6 heteroatoms. The van der Waals surface area contributed by atoms with Gasteiger partial charge < -0.3 is 5.11 Å². The van der Waals surface area contributed by atoms with E-state index in [0.29, 0.717) is 12.1 Å². The van der Waals surface area contributed by atoms with Crippen LogP contribution >= 0.6 is 11.3 Å². The summed E-state index contributed by atoms with van der Waals surface area (Å²) in [7, 11) is 0. The van der Waals surface area contributed by atoms with Gasteiger partial charge in [0.15, 0.2) is 11.3 Å². The average Bonchev–Trinajstić information content (AvgIpc) is 3.05. The highest BCUT2D eigenvalue weighted by molar-refractivity contribution is 7.13. The minimum Gasteiger partial charge on any atom is -0.477 e. The second-order valence-electron chi connectivity index (χ2n) is 4.07. The van der Waals surface area contributed by atoms with Crippen molar-refractivity contribution in [1.29, 1.82) is 0 Å². The van der Waals surface area contributed by atoms with Crippen molar-refractivity contribution >= 4 is 23.0 Å². The Morgan fingerprint density at radius 3 is 2.95 bits per heavy atom. The number of hydrogen-bond donors (Lipinski definition) is 1. The molecule has 3 aromatic rings. The first-order valence-corrected chi connectivity index (χ1v) is 6.74. The van der Waals surface area contributed by atoms with E-state index in [0.717, 1.165) is 16.3 Å². The number of thiophene rings is 1. The Bertz CT molecular complexity index is 747. The van der Waals surface area contributed by atoms with Crippen LogP contribution in [0.1, 0.15) is 23.1 Å². The second-order valence-corrected chi connectivity index (χ2v) is 5.02. The first-order valence-electron chi connectivity index (χ1n) is 5.86. The van der Waals surface area contributed by atoms with Crippen LogP contribution in [0.15, 0.2) is 29.6 Å². The van der Waals surface area contributed by atoms with E-state index in [1.54, 1.807) is 17.4 Å². The summed E-state index contributed by atoms with van der Waals surface area (Å²) in [6, 6.07) is 7.28. The van der Waals surface area contributed by atoms with Gasteiger partial charge in [-0.25, -0.2) is 14.3 Å². The molecule has 0 fully saturated rings. The van der Waals surface area contributed by atoms with Crippen LogP contribution in [0, 0.1) is 0 Å². The Balaban J connectivity index is 2.26. The average molecular weight is 273 g/mol. The molecule has 3 aromatic heterocycles. The predicted octanol–water partition coefficient (Wildman–Crippen LogP) is 2.72. The van der Waals surface area contributed by atoms with Crippen LogP contribution in [0.4, 0.5) is 0 Å². The zero-order valence-electron chi connectivity index (χ0n) is 10.2. The molecule has 0 bridgehead atoms. The maximum Gasteiger partial charge on any atom is 0.354 e. The van der Waals surface area contributed by atoms with Crippen LogP contribution in [0.5, 0.6) is 0 Å². The lowest BCUT2D eigenvalue weighted by Crippen LogP contribution is -2.09. The summed E-state index contributed by atoms with van der Waals surface area (Å²) in [6.45, 7) is 1.95. The van der Waals surface area contributed by atoms with Crippen molar-refractivity contribution in [1.82, 2.24) is 14.6 Å². The Kier molecular flexibility index (Phi) is 2.79. The largest absolute Gasteiger partial charge is 0.477 e. The number of fused-ring (bicyclic) bond motifs is 1. The predicted molar refractivity (Wildman–Crippen MR) is 72.6 cm³/mol. The van der Waals surface area contributed by atoms with E-state index in [9.17, 15) is 9.90 Å². The second kappa shape index (κ2) is 4.47. The van der Waals surface area contributed by atoms with E-state index in [2.05, 4.69) is 10.1 Å². The quantitative estimate of drug-likeness (QED) is 0.796. The molecule has 0 amide bonds. The summed E-state index contributed by atoms with van der Waals surface area (Å²) in [5.74, 6) is -0.997. The molecule has 0 spiro atoms. The molecule has 0 aromatic carbocycles. The number of aromatic nitrogens is 3. The fourth-order valence-corrected chi connectivity index (χ4v) is 2.59. The van der Waals surface area contributed by atoms with Gasteiger partial charge in [-0.1, -0.05) is 13.0 Å². The minimum absolute atomic E-state index is 0.143. The van der Waals surface area contributed by atoms with Gasteiger partial charge in [-0.2, -0.15) is 5.10 Å². The highest BCUT2D eigenvalue weighted by atomic mass is 32.1. The van der Waals surface area contributed by atoms with Crippen molar-refractivity contribution in [3.05, 3.63) is 41.0 Å². The van der Waals surface area contributed by atoms with Crippen LogP contribution in [0.2, 0.25) is 0 Å². The van der Waals surface area contributed by atoms with Crippen LogP contribution in [0.3, 0.4) is 0 Å². The third kappa shape index (κ3) is 2.00. The Hall–Kier alpha value is -2.21. The molecule has 0 aliphatic heterocycles. The third-order valence-corrected chi connectivity index (χ3v) is 3.73. The number of hydrogen-bond acceptors (Lipinski definition) is 4. The lowest BCUT2D eigenvalue weighted by atomic mass is 10.2. The maximum atomic E-state index is 11.3. The van der Waals surface area contributed by atoms with E-state index in [4.69, 9.17) is 0 Å². The van der Waals surface area contributed by atoms with Gasteiger partial charge in [0.2, 0.25) is 0 Å². The normalized spacial score (nSPS) is 11.0. The number of carbonyl (C=O) groups is 1. The monoisotopic (exact) mass is 273 g/mol. The number of rotatable bonds is 3. The number of nitrogens with zero attached hydrogens (tertiary/aromatic N) is 3. The summed E-state index contributed by atoms with van der Waals surface area (Å²) < 4.78 is 1.39. The molecule has 5 nitrogen and oxygen atoms in total. The zero-order valence-corrected chi connectivity index (χ0v) is 11.0.